The molecule has 0 aliphatic carbocycles. The van der Waals surface area contributed by atoms with E-state index in [0.29, 0.717) is 34.7 Å². The van der Waals surface area contributed by atoms with Gasteiger partial charge in [0.1, 0.15) is 22.5 Å². The van der Waals surface area contributed by atoms with Gasteiger partial charge in [-0.25, -0.2) is 9.97 Å². The average Bonchev–Trinajstić information content (AvgIpc) is 3.32. The van der Waals surface area contributed by atoms with Crippen molar-refractivity contribution < 1.29 is 17.9 Å². The number of nitrogens with one attached hydrogen (secondary N) is 1. The molecular weight excluding hydrogens is 479 g/mol. The van der Waals surface area contributed by atoms with Crippen molar-refractivity contribution in [1.82, 2.24) is 20.2 Å². The van der Waals surface area contributed by atoms with Crippen LogP contribution in [0.15, 0.2) is 48.7 Å². The first-order valence-electron chi connectivity index (χ1n) is 11.4. The molecule has 6 nitrogen and oxygen atoms in total. The Bertz CT molecular complexity index is 1320. The molecule has 0 radical (unpaired) electrons. The van der Waals surface area contributed by atoms with Gasteiger partial charge in [0, 0.05) is 12.1 Å². The Morgan fingerprint density at radius 2 is 1.80 bits per heavy atom. The Morgan fingerprint density at radius 3 is 2.46 bits per heavy atom. The molecule has 0 unspecified atom stereocenters. The van der Waals surface area contributed by atoms with Crippen LogP contribution in [0.1, 0.15) is 39.2 Å². The molecule has 0 saturated heterocycles. The molecule has 35 heavy (non-hydrogen) atoms. The van der Waals surface area contributed by atoms with E-state index >= 15 is 0 Å². The van der Waals surface area contributed by atoms with Crippen LogP contribution in [-0.2, 0) is 6.18 Å². The van der Waals surface area contributed by atoms with Gasteiger partial charge in [0.2, 0.25) is 5.95 Å². The highest BCUT2D eigenvalue weighted by molar-refractivity contribution is 6.33. The number of hydrogen-bond donors (Lipinski definition) is 1. The third kappa shape index (κ3) is 5.05. The van der Waals surface area contributed by atoms with Crippen molar-refractivity contribution in [1.29, 1.82) is 0 Å². The van der Waals surface area contributed by atoms with Crippen molar-refractivity contribution in [3.05, 3.63) is 59.2 Å². The maximum absolute atomic E-state index is 13.1. The van der Waals surface area contributed by atoms with Gasteiger partial charge in [-0.3, -0.25) is 5.10 Å². The lowest BCUT2D eigenvalue weighted by molar-refractivity contribution is -0.137. The van der Waals surface area contributed by atoms with Gasteiger partial charge in [-0.1, -0.05) is 37.6 Å². The normalized spacial score (nSPS) is 11.9. The van der Waals surface area contributed by atoms with Gasteiger partial charge in [-0.15, -0.1) is 0 Å². The molecule has 1 N–H and O–H groups in total. The first-order chi connectivity index (χ1) is 16.8. The van der Waals surface area contributed by atoms with E-state index in [0.717, 1.165) is 30.5 Å². The number of aromatic nitrogens is 4. The minimum Gasteiger partial charge on any atom is -0.490 e. The fourth-order valence-electron chi connectivity index (χ4n) is 3.86. The van der Waals surface area contributed by atoms with E-state index in [1.165, 1.54) is 6.07 Å². The maximum atomic E-state index is 13.1. The molecule has 0 aliphatic rings. The molecule has 0 fully saturated rings. The Kier molecular flexibility index (Phi) is 7.16. The van der Waals surface area contributed by atoms with Crippen LogP contribution in [0.4, 0.5) is 24.8 Å². The van der Waals surface area contributed by atoms with E-state index in [4.69, 9.17) is 21.3 Å². The van der Waals surface area contributed by atoms with Crippen molar-refractivity contribution in [2.24, 2.45) is 0 Å². The number of benzene rings is 2. The molecule has 2 aromatic heterocycles. The van der Waals surface area contributed by atoms with E-state index in [2.05, 4.69) is 29.0 Å². The summed E-state index contributed by atoms with van der Waals surface area (Å²) in [6.07, 6.45) is -1.15. The lowest BCUT2D eigenvalue weighted by Crippen LogP contribution is -2.20. The van der Waals surface area contributed by atoms with Crippen molar-refractivity contribution in [3.63, 3.8) is 0 Å². The largest absolute Gasteiger partial charge is 0.490 e. The molecule has 4 aromatic rings. The number of fused-ring (bicyclic) bond motifs is 1. The zero-order chi connectivity index (χ0) is 25.2. The zero-order valence-corrected chi connectivity index (χ0v) is 20.3. The highest BCUT2D eigenvalue weighted by atomic mass is 35.5. The quantitative estimate of drug-likeness (QED) is 0.271. The van der Waals surface area contributed by atoms with Crippen LogP contribution in [0.2, 0.25) is 5.02 Å². The number of anilines is 2. The third-order valence-electron chi connectivity index (χ3n) is 5.76. The standard InChI is InChI=1S/C25H25ClF3N5O/c1-4-16(5-2)35-21-10-8-7-9-17(21)22-23-19(14-30-33-23)31-24(32-22)34(6-3)20-12-11-15(13-18(20)26)25(27,28)29/h7-14,16H,4-6H2,1-3H3,(H,30,33). The van der Waals surface area contributed by atoms with Crippen molar-refractivity contribution >= 4 is 34.3 Å². The molecule has 184 valence electrons. The van der Waals surface area contributed by atoms with Gasteiger partial charge in [0.25, 0.3) is 0 Å². The smallest absolute Gasteiger partial charge is 0.416 e. The SMILES string of the molecule is CCC(CC)Oc1ccccc1-c1nc(N(CC)c2ccc(C(F)(F)F)cc2Cl)nc2cn[nH]c12. The van der Waals surface area contributed by atoms with Gasteiger partial charge in [0.15, 0.2) is 0 Å². The van der Waals surface area contributed by atoms with Crippen molar-refractivity contribution in [3.8, 4) is 17.0 Å². The Hall–Kier alpha value is -3.33. The number of rotatable bonds is 8. The topological polar surface area (TPSA) is 66.9 Å². The van der Waals surface area contributed by atoms with Crippen LogP contribution < -0.4 is 9.64 Å². The second kappa shape index (κ2) is 10.1. The fraction of sp³-hybridized carbons (Fsp3) is 0.320. The summed E-state index contributed by atoms with van der Waals surface area (Å²) in [4.78, 5) is 11.1. The van der Waals surface area contributed by atoms with E-state index in [1.807, 2.05) is 31.2 Å². The first kappa shape index (κ1) is 24.8. The van der Waals surface area contributed by atoms with Gasteiger partial charge in [0.05, 0.1) is 28.6 Å². The molecule has 4 rings (SSSR count). The maximum Gasteiger partial charge on any atom is 0.416 e. The van der Waals surface area contributed by atoms with Crippen LogP contribution in [-0.4, -0.2) is 32.8 Å². The van der Waals surface area contributed by atoms with E-state index in [9.17, 15) is 13.2 Å². The Labute approximate surface area is 206 Å². The van der Waals surface area contributed by atoms with Gasteiger partial charge < -0.3 is 9.64 Å². The number of H-pyrrole nitrogens is 1. The second-order valence-corrected chi connectivity index (χ2v) is 8.37. The molecule has 0 aliphatic heterocycles. The lowest BCUT2D eigenvalue weighted by atomic mass is 10.1. The number of aromatic amines is 1. The van der Waals surface area contributed by atoms with Crippen LogP contribution in [0.3, 0.4) is 0 Å². The fourth-order valence-corrected chi connectivity index (χ4v) is 4.15. The molecular formula is C25H25ClF3N5O. The van der Waals surface area contributed by atoms with Crippen LogP contribution in [0, 0.1) is 0 Å². The first-order valence-corrected chi connectivity index (χ1v) is 11.8. The highest BCUT2D eigenvalue weighted by Gasteiger charge is 2.31. The highest BCUT2D eigenvalue weighted by Crippen LogP contribution is 2.39. The van der Waals surface area contributed by atoms with Crippen molar-refractivity contribution in [2.45, 2.75) is 45.9 Å². The third-order valence-corrected chi connectivity index (χ3v) is 6.06. The van der Waals surface area contributed by atoms with Crippen LogP contribution in [0.5, 0.6) is 5.75 Å². The molecule has 0 spiro atoms. The van der Waals surface area contributed by atoms with E-state index < -0.39 is 11.7 Å². The summed E-state index contributed by atoms with van der Waals surface area (Å²) in [5.74, 6) is 0.966. The average molecular weight is 504 g/mol. The summed E-state index contributed by atoms with van der Waals surface area (Å²) in [5.41, 5.74) is 2.07. The predicted molar refractivity (Wildman–Crippen MR) is 131 cm³/mol. The molecule has 0 bridgehead atoms. The minimum atomic E-state index is -4.49. The summed E-state index contributed by atoms with van der Waals surface area (Å²) in [7, 11) is 0. The number of nitrogens with zero attached hydrogens (tertiary/aromatic N) is 4. The van der Waals surface area contributed by atoms with Gasteiger partial charge in [-0.2, -0.15) is 18.3 Å². The number of alkyl halides is 3. The van der Waals surface area contributed by atoms with E-state index in [-0.39, 0.29) is 17.1 Å². The second-order valence-electron chi connectivity index (χ2n) is 7.96. The Balaban J connectivity index is 1.84. The summed E-state index contributed by atoms with van der Waals surface area (Å²) in [6, 6.07) is 10.8. The van der Waals surface area contributed by atoms with Gasteiger partial charge in [-0.05, 0) is 50.1 Å². The molecule has 10 heteroatoms. The molecule has 0 amide bonds. The van der Waals surface area contributed by atoms with Crippen LogP contribution >= 0.6 is 11.6 Å². The number of halogens is 4. The number of hydrogen-bond acceptors (Lipinski definition) is 5. The summed E-state index contributed by atoms with van der Waals surface area (Å²) < 4.78 is 45.7. The summed E-state index contributed by atoms with van der Waals surface area (Å²) in [5, 5.41) is 7.04. The summed E-state index contributed by atoms with van der Waals surface area (Å²) in [6.45, 7) is 6.36. The molecule has 2 aromatic carbocycles. The molecule has 2 heterocycles. The Morgan fingerprint density at radius 1 is 1.06 bits per heavy atom. The molecule has 0 saturated carbocycles. The number of para-hydroxylation sites is 1. The zero-order valence-electron chi connectivity index (χ0n) is 19.5. The molecule has 0 atom stereocenters. The minimum absolute atomic E-state index is 0.0448. The lowest BCUT2D eigenvalue weighted by Gasteiger charge is -2.24. The predicted octanol–water partition coefficient (Wildman–Crippen LogP) is 7.42. The van der Waals surface area contributed by atoms with Gasteiger partial charge >= 0.3 is 6.18 Å². The summed E-state index contributed by atoms with van der Waals surface area (Å²) >= 11 is 6.29. The van der Waals surface area contributed by atoms with E-state index in [1.54, 1.807) is 11.1 Å². The van der Waals surface area contributed by atoms with Crippen LogP contribution in [0.25, 0.3) is 22.3 Å². The van der Waals surface area contributed by atoms with Crippen molar-refractivity contribution in [2.75, 3.05) is 11.4 Å². The monoisotopic (exact) mass is 503 g/mol. The number of ether oxygens (including phenoxy) is 1.